The van der Waals surface area contributed by atoms with Gasteiger partial charge in [0.25, 0.3) is 0 Å². The Morgan fingerprint density at radius 2 is 2.12 bits per heavy atom. The van der Waals surface area contributed by atoms with E-state index >= 15 is 0 Å². The van der Waals surface area contributed by atoms with Crippen LogP contribution in [-0.2, 0) is 0 Å². The van der Waals surface area contributed by atoms with E-state index in [4.69, 9.17) is 5.73 Å². The van der Waals surface area contributed by atoms with Gasteiger partial charge in [-0.1, -0.05) is 12.6 Å². The quantitative estimate of drug-likeness (QED) is 0.458. The monoisotopic (exact) mass is 366 g/mol. The highest BCUT2D eigenvalue weighted by Crippen LogP contribution is 2.34. The number of aromatic amines is 1. The molecular weight excluding hydrogens is 340 g/mol. The molecule has 4 N–H and O–H groups in total. The predicted octanol–water partition coefficient (Wildman–Crippen LogP) is 4.86. The van der Waals surface area contributed by atoms with Gasteiger partial charge in [0, 0.05) is 27.5 Å². The molecule has 3 heterocycles. The largest absolute Gasteiger partial charge is 0.390 e. The van der Waals surface area contributed by atoms with Crippen LogP contribution < -0.4 is 11.1 Å². The highest BCUT2D eigenvalue weighted by atomic mass is 32.1. The second-order valence-electron chi connectivity index (χ2n) is 6.48. The summed E-state index contributed by atoms with van der Waals surface area (Å²) in [5.41, 5.74) is 9.80. The maximum absolute atomic E-state index is 5.37. The molecule has 0 aliphatic carbocycles. The van der Waals surface area contributed by atoms with Crippen molar-refractivity contribution < 1.29 is 0 Å². The molecule has 1 saturated heterocycles. The molecule has 26 heavy (non-hydrogen) atoms. The number of fused-ring (bicyclic) bond motifs is 1. The average Bonchev–Trinajstić information content (AvgIpc) is 3.31. The van der Waals surface area contributed by atoms with Crippen LogP contribution in [0, 0.1) is 12.8 Å². The molecule has 1 aliphatic heterocycles. The lowest BCUT2D eigenvalue weighted by molar-refractivity contribution is 0.447. The van der Waals surface area contributed by atoms with Crippen molar-refractivity contribution in [2.75, 3.05) is 13.1 Å². The number of nitrogens with two attached hydrogens (primary N) is 1. The summed E-state index contributed by atoms with van der Waals surface area (Å²) in [5, 5.41) is 6.65. The number of hydrogen-bond acceptors (Lipinski definition) is 3. The van der Waals surface area contributed by atoms with Gasteiger partial charge in [-0.2, -0.15) is 0 Å². The van der Waals surface area contributed by atoms with Crippen LogP contribution in [0.2, 0.25) is 0 Å². The van der Waals surface area contributed by atoms with E-state index in [2.05, 4.69) is 58.6 Å². The molecule has 1 aliphatic rings. The number of aliphatic imine (C=N–C) groups is 1. The number of allylic oxidation sites excluding steroid dienone is 1. The van der Waals surface area contributed by atoms with Crippen molar-refractivity contribution in [3.63, 3.8) is 0 Å². The maximum Gasteiger partial charge on any atom is 0.0860 e. The number of aryl methyl sites for hydroxylation is 1. The van der Waals surface area contributed by atoms with E-state index in [1.54, 1.807) is 11.3 Å². The van der Waals surface area contributed by atoms with Crippen LogP contribution in [0.1, 0.15) is 23.3 Å². The van der Waals surface area contributed by atoms with Crippen molar-refractivity contribution in [2.24, 2.45) is 16.6 Å². The van der Waals surface area contributed by atoms with Crippen LogP contribution in [0.4, 0.5) is 5.69 Å². The summed E-state index contributed by atoms with van der Waals surface area (Å²) in [5.74, 6) is 0.567. The third-order valence-electron chi connectivity index (χ3n) is 4.73. The zero-order valence-corrected chi connectivity index (χ0v) is 16.0. The summed E-state index contributed by atoms with van der Waals surface area (Å²) in [6.45, 7) is 8.59. The average molecular weight is 367 g/mol. The van der Waals surface area contributed by atoms with Gasteiger partial charge in [0.15, 0.2) is 0 Å². The highest BCUT2D eigenvalue weighted by molar-refractivity contribution is 7.09. The van der Waals surface area contributed by atoms with E-state index in [9.17, 15) is 0 Å². The van der Waals surface area contributed by atoms with Gasteiger partial charge in [-0.3, -0.25) is 0 Å². The van der Waals surface area contributed by atoms with Crippen LogP contribution >= 0.6 is 11.3 Å². The number of aromatic nitrogens is 1. The van der Waals surface area contributed by atoms with Crippen LogP contribution in [-0.4, -0.2) is 24.4 Å². The minimum absolute atomic E-state index is 0.567. The number of H-pyrrole nitrogens is 1. The van der Waals surface area contributed by atoms with Crippen LogP contribution in [0.25, 0.3) is 16.5 Å². The Balaban J connectivity index is 0.000000278. The molecule has 0 spiro atoms. The van der Waals surface area contributed by atoms with Crippen molar-refractivity contribution in [1.82, 2.24) is 10.3 Å². The SMILES string of the molecule is C=C(c1c[nH]c2ccc(N=CN)cc12)C1CCNCC1.Cc1cccs1. The minimum Gasteiger partial charge on any atom is -0.390 e. The van der Waals surface area contributed by atoms with E-state index in [1.807, 2.05) is 12.1 Å². The first-order chi connectivity index (χ1) is 12.7. The number of rotatable bonds is 3. The van der Waals surface area contributed by atoms with Crippen molar-refractivity contribution >= 4 is 39.8 Å². The predicted molar refractivity (Wildman–Crippen MR) is 114 cm³/mol. The number of piperidine rings is 1. The molecule has 3 aromatic rings. The molecule has 0 amide bonds. The van der Waals surface area contributed by atoms with E-state index in [0.29, 0.717) is 5.92 Å². The van der Waals surface area contributed by atoms with Gasteiger partial charge in [-0.05, 0) is 74.0 Å². The second-order valence-corrected chi connectivity index (χ2v) is 7.64. The molecule has 1 aromatic carbocycles. The minimum atomic E-state index is 0.567. The lowest BCUT2D eigenvalue weighted by Crippen LogP contribution is -2.28. The zero-order chi connectivity index (χ0) is 18.4. The molecule has 136 valence electrons. The number of hydrogen-bond donors (Lipinski definition) is 3. The summed E-state index contributed by atoms with van der Waals surface area (Å²) < 4.78 is 0. The standard InChI is InChI=1S/C16H20N4.C5H6S/c1-11(12-4-6-18-7-5-12)15-9-19-16-3-2-13(20-10-17)8-14(15)16;1-5-3-2-4-6-5/h2-3,8-10,12,18-19H,1,4-7H2,(H2,17,20);2-4H,1H3. The molecule has 0 bridgehead atoms. The molecule has 0 radical (unpaired) electrons. The third kappa shape index (κ3) is 4.42. The van der Waals surface area contributed by atoms with E-state index in [-0.39, 0.29) is 0 Å². The Morgan fingerprint density at radius 3 is 2.73 bits per heavy atom. The molecule has 1 fully saturated rings. The van der Waals surface area contributed by atoms with Gasteiger partial charge in [-0.25, -0.2) is 4.99 Å². The Labute approximate surface area is 158 Å². The highest BCUT2D eigenvalue weighted by Gasteiger charge is 2.19. The van der Waals surface area contributed by atoms with E-state index in [1.165, 1.54) is 27.7 Å². The first kappa shape index (κ1) is 18.4. The van der Waals surface area contributed by atoms with Gasteiger partial charge in [-0.15, -0.1) is 11.3 Å². The van der Waals surface area contributed by atoms with Gasteiger partial charge in [0.05, 0.1) is 12.0 Å². The Kier molecular flexibility index (Phi) is 6.26. The lowest BCUT2D eigenvalue weighted by atomic mass is 9.86. The van der Waals surface area contributed by atoms with Gasteiger partial charge in [0.1, 0.15) is 0 Å². The smallest absolute Gasteiger partial charge is 0.0860 e. The lowest BCUT2D eigenvalue weighted by Gasteiger charge is -2.24. The van der Waals surface area contributed by atoms with E-state index < -0.39 is 0 Å². The van der Waals surface area contributed by atoms with Crippen molar-refractivity contribution in [3.8, 4) is 0 Å². The van der Waals surface area contributed by atoms with Gasteiger partial charge in [0.2, 0.25) is 0 Å². The Morgan fingerprint density at radius 1 is 1.31 bits per heavy atom. The van der Waals surface area contributed by atoms with Crippen molar-refractivity contribution in [2.45, 2.75) is 19.8 Å². The van der Waals surface area contributed by atoms with Crippen molar-refractivity contribution in [1.29, 1.82) is 0 Å². The maximum atomic E-state index is 5.37. The fraction of sp³-hybridized carbons (Fsp3) is 0.286. The number of nitrogens with zero attached hydrogens (tertiary/aromatic N) is 1. The summed E-state index contributed by atoms with van der Waals surface area (Å²) in [4.78, 5) is 8.85. The molecular formula is C21H26N4S. The number of benzene rings is 1. The Hall–Kier alpha value is -2.37. The molecule has 0 atom stereocenters. The number of nitrogens with one attached hydrogen (secondary N) is 2. The van der Waals surface area contributed by atoms with Crippen LogP contribution in [0.5, 0.6) is 0 Å². The van der Waals surface area contributed by atoms with Crippen LogP contribution in [0.15, 0.2) is 53.5 Å². The Bertz CT molecular complexity index is 871. The van der Waals surface area contributed by atoms with Gasteiger partial charge >= 0.3 is 0 Å². The van der Waals surface area contributed by atoms with Crippen LogP contribution in [0.3, 0.4) is 0 Å². The molecule has 4 nitrogen and oxygen atoms in total. The zero-order valence-electron chi connectivity index (χ0n) is 15.2. The molecule has 0 saturated carbocycles. The third-order valence-corrected chi connectivity index (χ3v) is 5.53. The fourth-order valence-electron chi connectivity index (χ4n) is 3.29. The summed E-state index contributed by atoms with van der Waals surface area (Å²) in [6.07, 6.45) is 5.71. The first-order valence-corrected chi connectivity index (χ1v) is 9.82. The molecule has 2 aromatic heterocycles. The summed E-state index contributed by atoms with van der Waals surface area (Å²) in [6, 6.07) is 10.2. The van der Waals surface area contributed by atoms with Crippen molar-refractivity contribution in [3.05, 3.63) is 58.9 Å². The van der Waals surface area contributed by atoms with E-state index in [0.717, 1.165) is 37.1 Å². The molecule has 5 heteroatoms. The summed E-state index contributed by atoms with van der Waals surface area (Å²) >= 11 is 1.78. The number of thiophene rings is 1. The topological polar surface area (TPSA) is 66.2 Å². The fourth-order valence-corrected chi connectivity index (χ4v) is 3.82. The van der Waals surface area contributed by atoms with Gasteiger partial charge < -0.3 is 16.0 Å². The first-order valence-electron chi connectivity index (χ1n) is 8.94. The normalized spacial score (nSPS) is 15.1. The summed E-state index contributed by atoms with van der Waals surface area (Å²) in [7, 11) is 0. The second kappa shape index (κ2) is 8.83. The molecule has 4 rings (SSSR count). The molecule has 0 unspecified atom stereocenters.